The summed E-state index contributed by atoms with van der Waals surface area (Å²) >= 11 is 0. The summed E-state index contributed by atoms with van der Waals surface area (Å²) in [6.45, 7) is 11.5. The maximum absolute atomic E-state index is 5.42. The average Bonchev–Trinajstić information content (AvgIpc) is 2.35. The standard InChI is InChI=1S/C14H26N2O/c1-5-7-8-13(15-6-2)14(3,4)16-9-11-17-12-10-16/h1,13,15H,6-12H2,2-4H3. The van der Waals surface area contributed by atoms with Gasteiger partial charge in [-0.25, -0.2) is 0 Å². The van der Waals surface area contributed by atoms with E-state index in [1.165, 1.54) is 0 Å². The summed E-state index contributed by atoms with van der Waals surface area (Å²) in [6.07, 6.45) is 7.26. The zero-order valence-electron chi connectivity index (χ0n) is 11.5. The number of hydrogen-bond acceptors (Lipinski definition) is 3. The van der Waals surface area contributed by atoms with Gasteiger partial charge in [-0.15, -0.1) is 12.3 Å². The lowest BCUT2D eigenvalue weighted by Crippen LogP contribution is -2.60. The van der Waals surface area contributed by atoms with Gasteiger partial charge in [-0.05, 0) is 26.8 Å². The number of nitrogens with zero attached hydrogens (tertiary/aromatic N) is 1. The van der Waals surface area contributed by atoms with Crippen LogP contribution in [0.15, 0.2) is 0 Å². The van der Waals surface area contributed by atoms with Crippen molar-refractivity contribution in [1.82, 2.24) is 10.2 Å². The highest BCUT2D eigenvalue weighted by molar-refractivity contribution is 4.97. The third-order valence-electron chi connectivity index (χ3n) is 3.71. The molecular formula is C14H26N2O. The van der Waals surface area contributed by atoms with Crippen molar-refractivity contribution < 1.29 is 4.74 Å². The Morgan fingerprint density at radius 2 is 2.06 bits per heavy atom. The second-order valence-electron chi connectivity index (χ2n) is 5.11. The van der Waals surface area contributed by atoms with E-state index in [4.69, 9.17) is 11.2 Å². The van der Waals surface area contributed by atoms with E-state index >= 15 is 0 Å². The van der Waals surface area contributed by atoms with Gasteiger partial charge in [0.15, 0.2) is 0 Å². The Morgan fingerprint density at radius 1 is 1.41 bits per heavy atom. The van der Waals surface area contributed by atoms with Gasteiger partial charge in [0.2, 0.25) is 0 Å². The summed E-state index contributed by atoms with van der Waals surface area (Å²) in [4.78, 5) is 2.51. The van der Waals surface area contributed by atoms with Crippen LogP contribution in [0.5, 0.6) is 0 Å². The van der Waals surface area contributed by atoms with Gasteiger partial charge in [0.1, 0.15) is 0 Å². The van der Waals surface area contributed by atoms with Crippen molar-refractivity contribution in [3.05, 3.63) is 0 Å². The molecule has 0 aromatic heterocycles. The van der Waals surface area contributed by atoms with Crippen LogP contribution in [-0.2, 0) is 4.74 Å². The van der Waals surface area contributed by atoms with Crippen LogP contribution in [0.25, 0.3) is 0 Å². The molecule has 0 bridgehead atoms. The molecule has 3 nitrogen and oxygen atoms in total. The van der Waals surface area contributed by atoms with Gasteiger partial charge in [-0.2, -0.15) is 0 Å². The smallest absolute Gasteiger partial charge is 0.0594 e. The quantitative estimate of drug-likeness (QED) is 0.710. The number of rotatable bonds is 6. The molecule has 1 saturated heterocycles. The number of likely N-dealkylation sites (N-methyl/N-ethyl adjacent to an activating group) is 1. The fraction of sp³-hybridized carbons (Fsp3) is 0.857. The van der Waals surface area contributed by atoms with Gasteiger partial charge < -0.3 is 10.1 Å². The topological polar surface area (TPSA) is 24.5 Å². The van der Waals surface area contributed by atoms with Crippen LogP contribution < -0.4 is 5.32 Å². The monoisotopic (exact) mass is 238 g/mol. The normalized spacial score (nSPS) is 19.9. The molecule has 1 aliphatic heterocycles. The number of hydrogen-bond donors (Lipinski definition) is 1. The molecule has 98 valence electrons. The van der Waals surface area contributed by atoms with Crippen molar-refractivity contribution in [3.63, 3.8) is 0 Å². The van der Waals surface area contributed by atoms with Gasteiger partial charge in [0, 0.05) is 31.1 Å². The van der Waals surface area contributed by atoms with E-state index in [0.29, 0.717) is 6.04 Å². The molecule has 1 N–H and O–H groups in total. The van der Waals surface area contributed by atoms with Crippen molar-refractivity contribution in [2.75, 3.05) is 32.8 Å². The molecule has 1 rings (SSSR count). The minimum Gasteiger partial charge on any atom is -0.379 e. The molecule has 0 radical (unpaired) electrons. The minimum absolute atomic E-state index is 0.136. The molecule has 0 aromatic rings. The highest BCUT2D eigenvalue weighted by Gasteiger charge is 2.35. The highest BCUT2D eigenvalue weighted by Crippen LogP contribution is 2.23. The molecule has 3 heteroatoms. The summed E-state index contributed by atoms with van der Waals surface area (Å²) in [5.74, 6) is 2.75. The minimum atomic E-state index is 0.136. The molecule has 0 aromatic carbocycles. The van der Waals surface area contributed by atoms with Gasteiger partial charge in [0.05, 0.1) is 13.2 Å². The lowest BCUT2D eigenvalue weighted by Gasteiger charge is -2.46. The third-order valence-corrected chi connectivity index (χ3v) is 3.71. The van der Waals surface area contributed by atoms with Crippen LogP contribution in [0.2, 0.25) is 0 Å². The first-order valence-electron chi connectivity index (χ1n) is 6.62. The molecule has 0 amide bonds. The summed E-state index contributed by atoms with van der Waals surface area (Å²) in [5.41, 5.74) is 0.136. The first-order chi connectivity index (χ1) is 8.12. The van der Waals surface area contributed by atoms with E-state index in [-0.39, 0.29) is 5.54 Å². The van der Waals surface area contributed by atoms with Crippen molar-refractivity contribution in [2.45, 2.75) is 45.2 Å². The molecule has 1 atom stereocenters. The van der Waals surface area contributed by atoms with Crippen molar-refractivity contribution >= 4 is 0 Å². The van der Waals surface area contributed by atoms with Gasteiger partial charge in [-0.1, -0.05) is 6.92 Å². The Morgan fingerprint density at radius 3 is 2.59 bits per heavy atom. The molecule has 1 unspecified atom stereocenters. The Bertz CT molecular complexity index is 251. The maximum atomic E-state index is 5.42. The average molecular weight is 238 g/mol. The van der Waals surface area contributed by atoms with Crippen LogP contribution >= 0.6 is 0 Å². The highest BCUT2D eigenvalue weighted by atomic mass is 16.5. The summed E-state index contributed by atoms with van der Waals surface area (Å²) in [6, 6.07) is 0.446. The lowest BCUT2D eigenvalue weighted by molar-refractivity contribution is -0.0239. The van der Waals surface area contributed by atoms with E-state index < -0.39 is 0 Å². The zero-order valence-corrected chi connectivity index (χ0v) is 11.5. The van der Waals surface area contributed by atoms with E-state index in [1.807, 2.05) is 0 Å². The van der Waals surface area contributed by atoms with Gasteiger partial charge in [0.25, 0.3) is 0 Å². The molecule has 1 heterocycles. The molecule has 0 saturated carbocycles. The van der Waals surface area contributed by atoms with Crippen molar-refractivity contribution in [1.29, 1.82) is 0 Å². The molecular weight excluding hydrogens is 212 g/mol. The first kappa shape index (κ1) is 14.5. The summed E-state index contributed by atoms with van der Waals surface area (Å²) in [5, 5.41) is 3.58. The predicted octanol–water partition coefficient (Wildman–Crippen LogP) is 1.49. The molecule has 0 aliphatic carbocycles. The number of ether oxygens (including phenoxy) is 1. The zero-order chi connectivity index (χ0) is 12.7. The van der Waals surface area contributed by atoms with E-state index in [0.717, 1.165) is 45.7 Å². The van der Waals surface area contributed by atoms with Gasteiger partial charge in [-0.3, -0.25) is 4.90 Å². The Hall–Kier alpha value is -0.560. The molecule has 17 heavy (non-hydrogen) atoms. The fourth-order valence-electron chi connectivity index (χ4n) is 2.54. The summed E-state index contributed by atoms with van der Waals surface area (Å²) < 4.78 is 5.42. The van der Waals surface area contributed by atoms with Crippen LogP contribution in [0.3, 0.4) is 0 Å². The fourth-order valence-corrected chi connectivity index (χ4v) is 2.54. The van der Waals surface area contributed by atoms with Crippen LogP contribution in [0.4, 0.5) is 0 Å². The number of nitrogens with one attached hydrogen (secondary N) is 1. The van der Waals surface area contributed by atoms with Crippen LogP contribution in [-0.4, -0.2) is 49.3 Å². The maximum Gasteiger partial charge on any atom is 0.0594 e. The molecule has 1 aliphatic rings. The number of terminal acetylenes is 1. The van der Waals surface area contributed by atoms with Gasteiger partial charge >= 0.3 is 0 Å². The second kappa shape index (κ2) is 7.00. The van der Waals surface area contributed by atoms with Crippen molar-refractivity contribution in [3.8, 4) is 12.3 Å². The lowest BCUT2D eigenvalue weighted by atomic mass is 9.88. The third kappa shape index (κ3) is 3.99. The van der Waals surface area contributed by atoms with E-state index in [9.17, 15) is 0 Å². The largest absolute Gasteiger partial charge is 0.379 e. The first-order valence-corrected chi connectivity index (χ1v) is 6.62. The van der Waals surface area contributed by atoms with E-state index in [1.54, 1.807) is 0 Å². The second-order valence-corrected chi connectivity index (χ2v) is 5.11. The Balaban J connectivity index is 2.63. The Labute approximate surface area is 106 Å². The molecule has 0 spiro atoms. The van der Waals surface area contributed by atoms with Crippen LogP contribution in [0.1, 0.15) is 33.6 Å². The predicted molar refractivity (Wildman–Crippen MR) is 72.0 cm³/mol. The van der Waals surface area contributed by atoms with Crippen molar-refractivity contribution in [2.24, 2.45) is 0 Å². The summed E-state index contributed by atoms with van der Waals surface area (Å²) in [7, 11) is 0. The SMILES string of the molecule is C#CCCC(NCC)C(C)(C)N1CCOCC1. The number of morpholine rings is 1. The van der Waals surface area contributed by atoms with Crippen LogP contribution in [0, 0.1) is 12.3 Å². The Kier molecular flexibility index (Phi) is 5.97. The molecule has 1 fully saturated rings. The van der Waals surface area contributed by atoms with E-state index in [2.05, 4.69) is 36.9 Å².